The Bertz CT molecular complexity index is 434. The van der Waals surface area contributed by atoms with Gasteiger partial charge in [0.15, 0.2) is 0 Å². The number of ether oxygens (including phenoxy) is 1. The molecule has 0 aliphatic carbocycles. The van der Waals surface area contributed by atoms with E-state index in [1.165, 1.54) is 0 Å². The van der Waals surface area contributed by atoms with Gasteiger partial charge in [0.05, 0.1) is 13.2 Å². The summed E-state index contributed by atoms with van der Waals surface area (Å²) in [5.74, 6) is 0.829. The van der Waals surface area contributed by atoms with Crippen LogP contribution in [0.5, 0.6) is 5.75 Å². The summed E-state index contributed by atoms with van der Waals surface area (Å²) in [6.07, 6.45) is 1.87. The van der Waals surface area contributed by atoms with Crippen LogP contribution in [-0.4, -0.2) is 16.7 Å². The van der Waals surface area contributed by atoms with Crippen molar-refractivity contribution in [2.24, 2.45) is 0 Å². The summed E-state index contributed by atoms with van der Waals surface area (Å²) < 4.78 is 5.49. The van der Waals surface area contributed by atoms with Crippen molar-refractivity contribution in [3.63, 3.8) is 0 Å². The second-order valence-corrected chi connectivity index (χ2v) is 3.12. The topological polar surface area (TPSA) is 45.2 Å². The third kappa shape index (κ3) is 1.46. The summed E-state index contributed by atoms with van der Waals surface area (Å²) in [7, 11) is 0. The van der Waals surface area contributed by atoms with Crippen molar-refractivity contribution in [2.75, 3.05) is 6.61 Å². The predicted molar refractivity (Wildman–Crippen MR) is 55.4 cm³/mol. The van der Waals surface area contributed by atoms with Crippen LogP contribution in [0.2, 0.25) is 0 Å². The predicted octanol–water partition coefficient (Wildman–Crippen LogP) is 2.06. The van der Waals surface area contributed by atoms with Gasteiger partial charge in [0, 0.05) is 17.1 Å². The van der Waals surface area contributed by atoms with Crippen LogP contribution in [-0.2, 0) is 6.61 Å². The molecular formula is C11H13NO2. The van der Waals surface area contributed by atoms with Crippen molar-refractivity contribution < 1.29 is 9.84 Å². The number of H-pyrrole nitrogens is 1. The van der Waals surface area contributed by atoms with Gasteiger partial charge >= 0.3 is 0 Å². The summed E-state index contributed by atoms with van der Waals surface area (Å²) in [5.41, 5.74) is 1.86. The van der Waals surface area contributed by atoms with Crippen LogP contribution in [0.3, 0.4) is 0 Å². The fourth-order valence-corrected chi connectivity index (χ4v) is 1.56. The highest BCUT2D eigenvalue weighted by Crippen LogP contribution is 2.26. The van der Waals surface area contributed by atoms with Gasteiger partial charge in [-0.3, -0.25) is 0 Å². The molecule has 2 N–H and O–H groups in total. The SMILES string of the molecule is CCOc1cc(CO)cc2[nH]ccc12. The Morgan fingerprint density at radius 3 is 3.00 bits per heavy atom. The molecule has 0 saturated heterocycles. The molecule has 0 aliphatic heterocycles. The van der Waals surface area contributed by atoms with Gasteiger partial charge in [0.25, 0.3) is 0 Å². The zero-order valence-corrected chi connectivity index (χ0v) is 8.08. The van der Waals surface area contributed by atoms with Crippen LogP contribution >= 0.6 is 0 Å². The lowest BCUT2D eigenvalue weighted by molar-refractivity contribution is 0.280. The summed E-state index contributed by atoms with van der Waals surface area (Å²) >= 11 is 0. The lowest BCUT2D eigenvalue weighted by atomic mass is 10.1. The Balaban J connectivity index is 2.58. The van der Waals surface area contributed by atoms with E-state index in [2.05, 4.69) is 4.98 Å². The summed E-state index contributed by atoms with van der Waals surface area (Å²) in [6.45, 7) is 2.62. The first kappa shape index (κ1) is 9.09. The maximum absolute atomic E-state index is 9.06. The second-order valence-electron chi connectivity index (χ2n) is 3.12. The molecule has 1 heterocycles. The molecule has 74 valence electrons. The van der Waals surface area contributed by atoms with E-state index in [0.717, 1.165) is 22.2 Å². The van der Waals surface area contributed by atoms with E-state index in [0.29, 0.717) is 6.61 Å². The van der Waals surface area contributed by atoms with Gasteiger partial charge in [-0.25, -0.2) is 0 Å². The molecule has 3 nitrogen and oxygen atoms in total. The van der Waals surface area contributed by atoms with Gasteiger partial charge in [0.2, 0.25) is 0 Å². The molecule has 1 aromatic heterocycles. The molecule has 0 aliphatic rings. The molecular weight excluding hydrogens is 178 g/mol. The van der Waals surface area contributed by atoms with Crippen molar-refractivity contribution in [1.82, 2.24) is 4.98 Å². The molecule has 0 atom stereocenters. The van der Waals surface area contributed by atoms with Gasteiger partial charge in [-0.05, 0) is 30.7 Å². The van der Waals surface area contributed by atoms with E-state index in [-0.39, 0.29) is 6.61 Å². The van der Waals surface area contributed by atoms with Gasteiger partial charge in [-0.1, -0.05) is 0 Å². The van der Waals surface area contributed by atoms with Crippen LogP contribution in [0, 0.1) is 0 Å². The van der Waals surface area contributed by atoms with Crippen LogP contribution < -0.4 is 4.74 Å². The number of hydrogen-bond acceptors (Lipinski definition) is 2. The average Bonchev–Trinajstić information content (AvgIpc) is 2.66. The summed E-state index contributed by atoms with van der Waals surface area (Å²) in [6, 6.07) is 5.78. The number of rotatable bonds is 3. The zero-order valence-electron chi connectivity index (χ0n) is 8.08. The molecule has 0 bridgehead atoms. The number of aliphatic hydroxyl groups is 1. The standard InChI is InChI=1S/C11H13NO2/c1-2-14-11-6-8(7-13)5-10-9(11)3-4-12-10/h3-6,12-13H,2,7H2,1H3. The Morgan fingerprint density at radius 1 is 1.43 bits per heavy atom. The first-order valence-corrected chi connectivity index (χ1v) is 4.69. The van der Waals surface area contributed by atoms with Crippen molar-refractivity contribution in [3.05, 3.63) is 30.0 Å². The number of hydrogen-bond donors (Lipinski definition) is 2. The Labute approximate surface area is 82.3 Å². The fourth-order valence-electron chi connectivity index (χ4n) is 1.56. The number of aromatic nitrogens is 1. The molecule has 14 heavy (non-hydrogen) atoms. The molecule has 0 radical (unpaired) electrons. The first-order valence-electron chi connectivity index (χ1n) is 4.69. The van der Waals surface area contributed by atoms with Crippen molar-refractivity contribution in [2.45, 2.75) is 13.5 Å². The van der Waals surface area contributed by atoms with Crippen molar-refractivity contribution >= 4 is 10.9 Å². The minimum atomic E-state index is 0.0367. The number of benzene rings is 1. The monoisotopic (exact) mass is 191 g/mol. The normalized spacial score (nSPS) is 10.7. The van der Waals surface area contributed by atoms with Crippen molar-refractivity contribution in [3.8, 4) is 5.75 Å². The van der Waals surface area contributed by atoms with E-state index in [4.69, 9.17) is 9.84 Å². The second kappa shape index (κ2) is 3.72. The molecule has 1 aromatic carbocycles. The number of fused-ring (bicyclic) bond motifs is 1. The Morgan fingerprint density at radius 2 is 2.29 bits per heavy atom. The number of aromatic amines is 1. The third-order valence-corrected chi connectivity index (χ3v) is 2.17. The van der Waals surface area contributed by atoms with Crippen LogP contribution in [0.4, 0.5) is 0 Å². The van der Waals surface area contributed by atoms with Gasteiger partial charge in [0.1, 0.15) is 5.75 Å². The van der Waals surface area contributed by atoms with Crippen LogP contribution in [0.25, 0.3) is 10.9 Å². The molecule has 0 saturated carbocycles. The van der Waals surface area contributed by atoms with Gasteiger partial charge < -0.3 is 14.8 Å². The van der Waals surface area contributed by atoms with Crippen LogP contribution in [0.1, 0.15) is 12.5 Å². The smallest absolute Gasteiger partial charge is 0.128 e. The van der Waals surface area contributed by atoms with E-state index < -0.39 is 0 Å². The third-order valence-electron chi connectivity index (χ3n) is 2.17. The quantitative estimate of drug-likeness (QED) is 0.780. The average molecular weight is 191 g/mol. The zero-order chi connectivity index (χ0) is 9.97. The van der Waals surface area contributed by atoms with Gasteiger partial charge in [-0.2, -0.15) is 0 Å². The van der Waals surface area contributed by atoms with Crippen molar-refractivity contribution in [1.29, 1.82) is 0 Å². The van der Waals surface area contributed by atoms with E-state index in [1.807, 2.05) is 31.3 Å². The lowest BCUT2D eigenvalue weighted by Gasteiger charge is -2.06. The molecule has 2 rings (SSSR count). The number of aliphatic hydroxyl groups excluding tert-OH is 1. The molecule has 0 amide bonds. The van der Waals surface area contributed by atoms with Crippen LogP contribution in [0.15, 0.2) is 24.4 Å². The highest BCUT2D eigenvalue weighted by atomic mass is 16.5. The summed E-state index contributed by atoms with van der Waals surface area (Å²) in [4.78, 5) is 3.10. The molecule has 2 aromatic rings. The largest absolute Gasteiger partial charge is 0.493 e. The minimum absolute atomic E-state index is 0.0367. The van der Waals surface area contributed by atoms with E-state index in [9.17, 15) is 0 Å². The molecule has 0 unspecified atom stereocenters. The highest BCUT2D eigenvalue weighted by Gasteiger charge is 2.04. The maximum Gasteiger partial charge on any atom is 0.128 e. The first-order chi connectivity index (χ1) is 6.85. The Kier molecular flexibility index (Phi) is 2.41. The fraction of sp³-hybridized carbons (Fsp3) is 0.273. The van der Waals surface area contributed by atoms with E-state index in [1.54, 1.807) is 0 Å². The number of nitrogens with one attached hydrogen (secondary N) is 1. The highest BCUT2D eigenvalue weighted by molar-refractivity contribution is 5.86. The molecule has 0 fully saturated rings. The lowest BCUT2D eigenvalue weighted by Crippen LogP contribution is -1.93. The maximum atomic E-state index is 9.06. The molecule has 0 spiro atoms. The molecule has 3 heteroatoms. The Hall–Kier alpha value is -1.48. The van der Waals surface area contributed by atoms with Gasteiger partial charge in [-0.15, -0.1) is 0 Å². The van der Waals surface area contributed by atoms with E-state index >= 15 is 0 Å². The minimum Gasteiger partial charge on any atom is -0.493 e. The summed E-state index contributed by atoms with van der Waals surface area (Å²) in [5, 5.41) is 10.1.